The molecule has 1 amide bonds. The topological polar surface area (TPSA) is 100 Å². The van der Waals surface area contributed by atoms with E-state index in [0.717, 1.165) is 55.0 Å². The Morgan fingerprint density at radius 2 is 1.90 bits per heavy atom. The summed E-state index contributed by atoms with van der Waals surface area (Å²) in [7, 11) is 5.70. The van der Waals surface area contributed by atoms with Crippen molar-refractivity contribution in [2.24, 2.45) is 15.1 Å². The van der Waals surface area contributed by atoms with Crippen LogP contribution in [0, 0.1) is 0 Å². The van der Waals surface area contributed by atoms with E-state index < -0.39 is 5.60 Å². The zero-order valence-corrected chi connectivity index (χ0v) is 24.6. The van der Waals surface area contributed by atoms with E-state index in [0.29, 0.717) is 25.5 Å². The normalized spacial score (nSPS) is 18.5. The molecule has 11 nitrogen and oxygen atoms in total. The molecule has 0 bridgehead atoms. The fourth-order valence-corrected chi connectivity index (χ4v) is 4.29. The molecule has 214 valence electrons. The van der Waals surface area contributed by atoms with Crippen LogP contribution in [0.15, 0.2) is 51.2 Å². The lowest BCUT2D eigenvalue weighted by Gasteiger charge is -2.34. The summed E-state index contributed by atoms with van der Waals surface area (Å²) < 4.78 is 5.48. The molecule has 0 aliphatic carbocycles. The number of hydrogen-bond donors (Lipinski definition) is 2. The van der Waals surface area contributed by atoms with Gasteiger partial charge in [0.15, 0.2) is 5.84 Å². The summed E-state index contributed by atoms with van der Waals surface area (Å²) in [6, 6.07) is 8.28. The molecular formula is C28H45N9O2. The number of aliphatic imine (C=N–C) groups is 2. The van der Waals surface area contributed by atoms with E-state index in [1.807, 2.05) is 71.5 Å². The zero-order valence-electron chi connectivity index (χ0n) is 24.6. The zero-order chi connectivity index (χ0) is 28.4. The SMILES string of the molecule is CN=C(N=CCN1CCN(C(=O)OC(C)(C)C)CC1)c1cccc(C/C(C)=N/NC2=CN(NC)N(C)CC2)c1. The van der Waals surface area contributed by atoms with Crippen LogP contribution >= 0.6 is 0 Å². The van der Waals surface area contributed by atoms with Gasteiger partial charge in [-0.05, 0) is 39.3 Å². The van der Waals surface area contributed by atoms with Crippen LogP contribution in [0.4, 0.5) is 4.79 Å². The second kappa shape index (κ2) is 14.2. The van der Waals surface area contributed by atoms with E-state index in [4.69, 9.17) is 4.74 Å². The van der Waals surface area contributed by atoms with Gasteiger partial charge in [-0.15, -0.1) is 0 Å². The Hall–Kier alpha value is -3.28. The number of carbonyl (C=O) groups is 1. The Morgan fingerprint density at radius 3 is 2.56 bits per heavy atom. The minimum absolute atomic E-state index is 0.244. The van der Waals surface area contributed by atoms with Gasteiger partial charge < -0.3 is 9.64 Å². The number of hydrazine groups is 2. The van der Waals surface area contributed by atoms with Gasteiger partial charge in [0.05, 0.1) is 11.9 Å². The van der Waals surface area contributed by atoms with Crippen molar-refractivity contribution < 1.29 is 9.53 Å². The molecule has 0 radical (unpaired) electrons. The van der Waals surface area contributed by atoms with Gasteiger partial charge in [-0.1, -0.05) is 18.2 Å². The van der Waals surface area contributed by atoms with Gasteiger partial charge in [0, 0.05) is 90.7 Å². The van der Waals surface area contributed by atoms with E-state index in [1.54, 1.807) is 11.9 Å². The van der Waals surface area contributed by atoms with Crippen molar-refractivity contribution >= 4 is 23.9 Å². The molecule has 11 heteroatoms. The van der Waals surface area contributed by atoms with Crippen LogP contribution in [0.3, 0.4) is 0 Å². The lowest BCUT2D eigenvalue weighted by atomic mass is 10.1. The Bertz CT molecular complexity index is 1080. The second-order valence-corrected chi connectivity index (χ2v) is 10.8. The molecule has 39 heavy (non-hydrogen) atoms. The van der Waals surface area contributed by atoms with Gasteiger partial charge in [-0.25, -0.2) is 25.3 Å². The highest BCUT2D eigenvalue weighted by Gasteiger charge is 2.25. The molecule has 0 unspecified atom stereocenters. The average molecular weight is 540 g/mol. The molecule has 1 aromatic carbocycles. The number of hydrazone groups is 1. The summed E-state index contributed by atoms with van der Waals surface area (Å²) in [6.07, 6.45) is 5.32. The Kier molecular flexibility index (Phi) is 11.0. The monoisotopic (exact) mass is 539 g/mol. The van der Waals surface area contributed by atoms with Crippen molar-refractivity contribution in [3.63, 3.8) is 0 Å². The quantitative estimate of drug-likeness (QED) is 0.298. The van der Waals surface area contributed by atoms with Crippen LogP contribution in [0.2, 0.25) is 0 Å². The maximum absolute atomic E-state index is 12.3. The lowest BCUT2D eigenvalue weighted by molar-refractivity contribution is -0.00141. The molecule has 2 heterocycles. The van der Waals surface area contributed by atoms with Crippen LogP contribution < -0.4 is 10.9 Å². The molecular weight excluding hydrogens is 494 g/mol. The predicted octanol–water partition coefficient (Wildman–Crippen LogP) is 2.72. The van der Waals surface area contributed by atoms with Crippen LogP contribution in [0.1, 0.15) is 45.2 Å². The first-order valence-electron chi connectivity index (χ1n) is 13.5. The molecule has 0 spiro atoms. The maximum atomic E-state index is 12.3. The maximum Gasteiger partial charge on any atom is 0.410 e. The van der Waals surface area contributed by atoms with Crippen LogP contribution in [-0.2, 0) is 11.2 Å². The number of benzene rings is 1. The molecule has 2 N–H and O–H groups in total. The van der Waals surface area contributed by atoms with Crippen LogP contribution in [-0.4, -0.2) is 110 Å². The summed E-state index contributed by atoms with van der Waals surface area (Å²) in [6.45, 7) is 12.2. The van der Waals surface area contributed by atoms with Crippen molar-refractivity contribution in [2.75, 3.05) is 60.4 Å². The average Bonchev–Trinajstić information content (AvgIpc) is 2.90. The van der Waals surface area contributed by atoms with E-state index in [1.165, 1.54) is 0 Å². The number of rotatable bonds is 8. The van der Waals surface area contributed by atoms with Gasteiger partial charge in [-0.3, -0.25) is 15.3 Å². The number of amides is 1. The number of nitrogens with one attached hydrogen (secondary N) is 2. The van der Waals surface area contributed by atoms with E-state index in [-0.39, 0.29) is 6.09 Å². The molecule has 0 atom stereocenters. The van der Waals surface area contributed by atoms with Crippen molar-refractivity contribution in [1.29, 1.82) is 0 Å². The van der Waals surface area contributed by atoms with E-state index in [2.05, 4.69) is 48.0 Å². The van der Waals surface area contributed by atoms with Crippen molar-refractivity contribution in [3.8, 4) is 0 Å². The minimum Gasteiger partial charge on any atom is -0.444 e. The van der Waals surface area contributed by atoms with Gasteiger partial charge in [0.1, 0.15) is 5.60 Å². The summed E-state index contributed by atoms with van der Waals surface area (Å²) in [5.41, 5.74) is 10.1. The molecule has 1 saturated heterocycles. The second-order valence-electron chi connectivity index (χ2n) is 10.8. The van der Waals surface area contributed by atoms with Gasteiger partial charge in [0.25, 0.3) is 0 Å². The third-order valence-corrected chi connectivity index (χ3v) is 6.40. The number of hydrogen-bond acceptors (Lipinski definition) is 9. The minimum atomic E-state index is -0.477. The lowest BCUT2D eigenvalue weighted by Crippen LogP contribution is -2.50. The third kappa shape index (κ3) is 9.76. The molecule has 1 aromatic rings. The number of nitrogens with zero attached hydrogens (tertiary/aromatic N) is 7. The Morgan fingerprint density at radius 1 is 1.15 bits per heavy atom. The number of amidine groups is 1. The molecule has 2 aliphatic rings. The molecule has 1 fully saturated rings. The largest absolute Gasteiger partial charge is 0.444 e. The summed E-state index contributed by atoms with van der Waals surface area (Å²) in [4.78, 5) is 25.4. The standard InChI is InChI=1S/C28H45N9O2/c1-22(32-33-25-11-13-34(7)37(21-25)30-6)19-23-9-8-10-24(20-23)26(29-5)31-12-14-35-15-17-36(18-16-35)27(38)39-28(2,3)4/h8-10,12,20-21,30,33H,11,13-19H2,1-7H3/b29-26?,31-12?,32-22+. The number of carbonyl (C=O) groups excluding carboxylic acids is 1. The number of piperazine rings is 1. The summed E-state index contributed by atoms with van der Waals surface area (Å²) >= 11 is 0. The predicted molar refractivity (Wildman–Crippen MR) is 158 cm³/mol. The Balaban J connectivity index is 1.51. The highest BCUT2D eigenvalue weighted by Crippen LogP contribution is 2.13. The fourth-order valence-electron chi connectivity index (χ4n) is 4.29. The van der Waals surface area contributed by atoms with Crippen molar-refractivity contribution in [3.05, 3.63) is 47.3 Å². The summed E-state index contributed by atoms with van der Waals surface area (Å²) in [5, 5.41) is 8.64. The van der Waals surface area contributed by atoms with Crippen LogP contribution in [0.25, 0.3) is 0 Å². The van der Waals surface area contributed by atoms with Gasteiger partial charge in [0.2, 0.25) is 0 Å². The van der Waals surface area contributed by atoms with Crippen LogP contribution in [0.5, 0.6) is 0 Å². The third-order valence-electron chi connectivity index (χ3n) is 6.40. The fraction of sp³-hybridized carbons (Fsp3) is 0.571. The first kappa shape index (κ1) is 30.3. The van der Waals surface area contributed by atoms with E-state index >= 15 is 0 Å². The molecule has 0 saturated carbocycles. The smallest absolute Gasteiger partial charge is 0.410 e. The van der Waals surface area contributed by atoms with Gasteiger partial charge >= 0.3 is 6.09 Å². The van der Waals surface area contributed by atoms with Crippen molar-refractivity contribution in [2.45, 2.75) is 46.1 Å². The first-order valence-corrected chi connectivity index (χ1v) is 13.5. The molecule has 2 aliphatic heterocycles. The van der Waals surface area contributed by atoms with E-state index in [9.17, 15) is 4.79 Å². The highest BCUT2D eigenvalue weighted by atomic mass is 16.6. The molecule has 0 aromatic heterocycles. The number of ether oxygens (including phenoxy) is 1. The highest BCUT2D eigenvalue weighted by molar-refractivity contribution is 6.03. The molecule has 3 rings (SSSR count). The first-order chi connectivity index (χ1) is 18.6. The summed E-state index contributed by atoms with van der Waals surface area (Å²) in [5.74, 6) is 0.695. The van der Waals surface area contributed by atoms with Crippen molar-refractivity contribution in [1.82, 2.24) is 30.8 Å². The van der Waals surface area contributed by atoms with Gasteiger partial charge in [-0.2, -0.15) is 5.10 Å². The Labute approximate surface area is 233 Å².